The maximum atomic E-state index is 4.94. The molecule has 0 bridgehead atoms. The summed E-state index contributed by atoms with van der Waals surface area (Å²) in [5, 5.41) is 4.42. The van der Waals surface area contributed by atoms with Crippen molar-refractivity contribution in [2.24, 2.45) is 0 Å². The van der Waals surface area contributed by atoms with Crippen molar-refractivity contribution >= 4 is 5.52 Å². The van der Waals surface area contributed by atoms with E-state index in [9.17, 15) is 0 Å². The predicted molar refractivity (Wildman–Crippen MR) is 87.9 cm³/mol. The highest BCUT2D eigenvalue weighted by molar-refractivity contribution is 5.77. The maximum Gasteiger partial charge on any atom is 0.0755 e. The Balaban J connectivity index is 1.70. The molecule has 1 aliphatic heterocycles. The second-order valence-corrected chi connectivity index (χ2v) is 6.11. The number of piperidine rings is 1. The largest absolute Gasteiger partial charge is 0.306 e. The molecule has 0 saturated carbocycles. The fraction of sp³-hybridized carbons (Fsp3) is 0.333. The quantitative estimate of drug-likeness (QED) is 0.727. The van der Waals surface area contributed by atoms with Crippen molar-refractivity contribution in [1.82, 2.24) is 19.5 Å². The van der Waals surface area contributed by atoms with E-state index >= 15 is 0 Å². The van der Waals surface area contributed by atoms with Crippen LogP contribution in [0, 0.1) is 0 Å². The normalized spacial score (nSPS) is 17.1. The maximum absolute atomic E-state index is 4.94. The molecule has 0 atom stereocenters. The molecule has 1 saturated heterocycles. The van der Waals surface area contributed by atoms with Gasteiger partial charge >= 0.3 is 0 Å². The summed E-state index contributed by atoms with van der Waals surface area (Å²) >= 11 is 0. The monoisotopic (exact) mass is 292 g/mol. The zero-order valence-corrected chi connectivity index (χ0v) is 12.8. The average Bonchev–Trinajstić information content (AvgIpc) is 3.00. The Morgan fingerprint density at radius 1 is 1.05 bits per heavy atom. The van der Waals surface area contributed by atoms with Crippen LogP contribution in [0.5, 0.6) is 0 Å². The summed E-state index contributed by atoms with van der Waals surface area (Å²) in [7, 11) is 2.19. The van der Waals surface area contributed by atoms with Gasteiger partial charge in [-0.25, -0.2) is 4.52 Å². The summed E-state index contributed by atoms with van der Waals surface area (Å²) < 4.78 is 1.90. The molecule has 3 aromatic heterocycles. The molecule has 0 amide bonds. The number of aromatic nitrogens is 3. The lowest BCUT2D eigenvalue weighted by molar-refractivity contribution is 0.253. The number of likely N-dealkylation sites (tertiary alicyclic amines) is 1. The second kappa shape index (κ2) is 5.54. The van der Waals surface area contributed by atoms with Crippen molar-refractivity contribution in [3.05, 3.63) is 54.5 Å². The van der Waals surface area contributed by atoms with Crippen LogP contribution in [0.3, 0.4) is 0 Å². The van der Waals surface area contributed by atoms with Gasteiger partial charge < -0.3 is 4.90 Å². The Hall–Kier alpha value is -2.20. The topological polar surface area (TPSA) is 33.4 Å². The van der Waals surface area contributed by atoms with Crippen LogP contribution < -0.4 is 0 Å². The van der Waals surface area contributed by atoms with E-state index in [0.717, 1.165) is 29.9 Å². The highest BCUT2D eigenvalue weighted by Gasteiger charge is 2.20. The van der Waals surface area contributed by atoms with Crippen LogP contribution in [0.15, 0.2) is 48.8 Å². The van der Waals surface area contributed by atoms with Crippen molar-refractivity contribution < 1.29 is 0 Å². The van der Waals surface area contributed by atoms with Gasteiger partial charge in [-0.1, -0.05) is 12.1 Å². The fourth-order valence-corrected chi connectivity index (χ4v) is 3.27. The predicted octanol–water partition coefficient (Wildman–Crippen LogP) is 3.21. The molecule has 1 aliphatic rings. The Bertz CT molecular complexity index is 784. The van der Waals surface area contributed by atoms with Gasteiger partial charge in [-0.05, 0) is 57.2 Å². The number of hydrogen-bond donors (Lipinski definition) is 0. The highest BCUT2D eigenvalue weighted by Crippen LogP contribution is 2.29. The van der Waals surface area contributed by atoms with Gasteiger partial charge in [-0.15, -0.1) is 0 Å². The van der Waals surface area contributed by atoms with Crippen LogP contribution in [0.4, 0.5) is 0 Å². The molecule has 1 fully saturated rings. The Kier molecular flexibility index (Phi) is 3.39. The van der Waals surface area contributed by atoms with Gasteiger partial charge in [0.25, 0.3) is 0 Å². The molecule has 0 radical (unpaired) electrons. The third kappa shape index (κ3) is 2.40. The van der Waals surface area contributed by atoms with Crippen LogP contribution in [0.25, 0.3) is 16.8 Å². The van der Waals surface area contributed by atoms with E-state index in [-0.39, 0.29) is 0 Å². The summed E-state index contributed by atoms with van der Waals surface area (Å²) in [5.41, 5.74) is 4.46. The minimum Gasteiger partial charge on any atom is -0.306 e. The van der Waals surface area contributed by atoms with Crippen LogP contribution in [-0.4, -0.2) is 39.6 Å². The van der Waals surface area contributed by atoms with Crippen LogP contribution >= 0.6 is 0 Å². The van der Waals surface area contributed by atoms with E-state index in [2.05, 4.69) is 41.3 Å². The lowest BCUT2D eigenvalue weighted by atomic mass is 9.93. The summed E-state index contributed by atoms with van der Waals surface area (Å²) in [6, 6.07) is 12.5. The van der Waals surface area contributed by atoms with E-state index in [1.165, 1.54) is 18.5 Å². The van der Waals surface area contributed by atoms with E-state index in [0.29, 0.717) is 5.92 Å². The Morgan fingerprint density at radius 2 is 1.91 bits per heavy atom. The number of fused-ring (bicyclic) bond motifs is 1. The van der Waals surface area contributed by atoms with Crippen LogP contribution in [0.2, 0.25) is 0 Å². The van der Waals surface area contributed by atoms with Crippen molar-refractivity contribution in [3.8, 4) is 11.3 Å². The van der Waals surface area contributed by atoms with Crippen molar-refractivity contribution in [1.29, 1.82) is 0 Å². The smallest absolute Gasteiger partial charge is 0.0755 e. The second-order valence-electron chi connectivity index (χ2n) is 6.11. The summed E-state index contributed by atoms with van der Waals surface area (Å²) in [5.74, 6) is 0.581. The van der Waals surface area contributed by atoms with Gasteiger partial charge in [0.1, 0.15) is 0 Å². The summed E-state index contributed by atoms with van der Waals surface area (Å²) in [6.07, 6.45) is 6.28. The van der Waals surface area contributed by atoms with Crippen molar-refractivity contribution in [3.63, 3.8) is 0 Å². The third-order valence-corrected chi connectivity index (χ3v) is 4.61. The lowest BCUT2D eigenvalue weighted by Gasteiger charge is -2.28. The van der Waals surface area contributed by atoms with Crippen LogP contribution in [-0.2, 0) is 0 Å². The number of hydrogen-bond acceptors (Lipinski definition) is 3. The molecule has 0 aliphatic carbocycles. The molecule has 4 nitrogen and oxygen atoms in total. The molecule has 22 heavy (non-hydrogen) atoms. The molecule has 3 aromatic rings. The molecule has 0 unspecified atom stereocenters. The van der Waals surface area contributed by atoms with E-state index in [1.54, 1.807) is 0 Å². The van der Waals surface area contributed by atoms with E-state index in [4.69, 9.17) is 4.98 Å². The van der Waals surface area contributed by atoms with Gasteiger partial charge in [0.2, 0.25) is 0 Å². The Labute approximate surface area is 130 Å². The number of nitrogens with zero attached hydrogens (tertiary/aromatic N) is 4. The molecule has 4 heterocycles. The molecular weight excluding hydrogens is 272 g/mol. The first-order valence-corrected chi connectivity index (χ1v) is 7.89. The van der Waals surface area contributed by atoms with Gasteiger partial charge in [0, 0.05) is 23.4 Å². The summed E-state index contributed by atoms with van der Waals surface area (Å²) in [6.45, 7) is 2.32. The number of rotatable bonds is 2. The molecule has 4 heteroatoms. The minimum atomic E-state index is 0.581. The highest BCUT2D eigenvalue weighted by atomic mass is 15.2. The van der Waals surface area contributed by atoms with Crippen LogP contribution in [0.1, 0.15) is 24.5 Å². The first-order valence-electron chi connectivity index (χ1n) is 7.89. The van der Waals surface area contributed by atoms with Gasteiger partial charge in [-0.3, -0.25) is 4.98 Å². The first-order chi connectivity index (χ1) is 10.8. The summed E-state index contributed by atoms with van der Waals surface area (Å²) in [4.78, 5) is 7.34. The van der Waals surface area contributed by atoms with Gasteiger partial charge in [0.15, 0.2) is 0 Å². The minimum absolute atomic E-state index is 0.581. The van der Waals surface area contributed by atoms with Crippen molar-refractivity contribution in [2.45, 2.75) is 18.8 Å². The van der Waals surface area contributed by atoms with Gasteiger partial charge in [0.05, 0.1) is 17.4 Å². The standard InChI is InChI=1S/C18H20N4/c1-21-11-8-14(9-12-21)16-5-4-6-17(20-16)15-13-19-22-10-3-2-7-18(15)22/h2-7,10,13-14H,8-9,11-12H2,1H3. The molecule has 0 spiro atoms. The molecule has 112 valence electrons. The molecular formula is C18H20N4. The third-order valence-electron chi connectivity index (χ3n) is 4.61. The Morgan fingerprint density at radius 3 is 2.77 bits per heavy atom. The molecule has 0 N–H and O–H groups in total. The molecule has 0 aromatic carbocycles. The number of pyridine rings is 2. The zero-order valence-electron chi connectivity index (χ0n) is 12.8. The fourth-order valence-electron chi connectivity index (χ4n) is 3.27. The first kappa shape index (κ1) is 13.5. The van der Waals surface area contributed by atoms with Gasteiger partial charge in [-0.2, -0.15) is 5.10 Å². The van der Waals surface area contributed by atoms with Crippen molar-refractivity contribution in [2.75, 3.05) is 20.1 Å². The average molecular weight is 292 g/mol. The zero-order chi connectivity index (χ0) is 14.9. The van der Waals surface area contributed by atoms with E-state index < -0.39 is 0 Å². The van der Waals surface area contributed by atoms with E-state index in [1.807, 2.05) is 29.0 Å². The SMILES string of the molecule is CN1CCC(c2cccc(-c3cnn4ccccc34)n2)CC1. The molecule has 4 rings (SSSR count). The lowest BCUT2D eigenvalue weighted by Crippen LogP contribution is -2.29.